The van der Waals surface area contributed by atoms with Crippen LogP contribution in [0.25, 0.3) is 0 Å². The highest BCUT2D eigenvalue weighted by Crippen LogP contribution is 2.58. The monoisotopic (exact) mass is 1020 g/mol. The molecule has 1 aliphatic heterocycles. The smallest absolute Gasteiger partial charge is 0.408 e. The number of nitrogens with one attached hydrogen (secondary N) is 1. The first-order valence-corrected chi connectivity index (χ1v) is 25.0. The number of carboxylic acid groups (broad SMARTS) is 1. The van der Waals surface area contributed by atoms with Crippen LogP contribution in [0.1, 0.15) is 136 Å². The summed E-state index contributed by atoms with van der Waals surface area (Å²) in [6, 6.07) is 13.3. The molecule has 0 bridgehead atoms. The van der Waals surface area contributed by atoms with Crippen molar-refractivity contribution < 1.29 is 82.4 Å². The van der Waals surface area contributed by atoms with E-state index in [-0.39, 0.29) is 54.6 Å². The maximum Gasteiger partial charge on any atom is 0.408 e. The molecule has 73 heavy (non-hydrogen) atoms. The maximum atomic E-state index is 15.4. The summed E-state index contributed by atoms with van der Waals surface area (Å²) in [7, 11) is 0. The van der Waals surface area contributed by atoms with Gasteiger partial charge in [-0.2, -0.15) is 0 Å². The minimum absolute atomic E-state index is 0.0282. The number of aliphatic hydroxyl groups is 3. The lowest BCUT2D eigenvalue weighted by Crippen LogP contribution is -2.77. The summed E-state index contributed by atoms with van der Waals surface area (Å²) in [5, 5.41) is 48.8. The van der Waals surface area contributed by atoms with E-state index in [4.69, 9.17) is 28.4 Å². The maximum absolute atomic E-state index is 15.4. The van der Waals surface area contributed by atoms with Crippen molar-refractivity contribution in [1.29, 1.82) is 0 Å². The Kier molecular flexibility index (Phi) is 19.2. The molecule has 402 valence electrons. The first-order chi connectivity index (χ1) is 34.2. The van der Waals surface area contributed by atoms with Crippen molar-refractivity contribution >= 4 is 41.7 Å². The SMILES string of the molecule is CCCN(CCC)C(CCC(=O)O)C(=O)O[C@@H](C(=O)O[C@H]1CC[C@@H](OC(=O)c2ccccc2)[C@@H]2[C@]3(OC(C)=O)CO[C@@H]3C[C@H](O)[C@@]2(C)C(=O)[C@H](O)C(C(C)(C)O)=C1C)[C@@H](NC(=O)OC(C)(C)C)c1ccccc1. The highest BCUT2D eigenvalue weighted by atomic mass is 16.6. The number of carboxylic acids is 1. The third-order valence-electron chi connectivity index (χ3n) is 13.9. The number of aliphatic carboxylic acids is 1. The van der Waals surface area contributed by atoms with Crippen LogP contribution in [0, 0.1) is 11.3 Å². The number of alkyl carbamates (subject to hydrolysis) is 1. The van der Waals surface area contributed by atoms with Gasteiger partial charge in [0.1, 0.15) is 42.1 Å². The van der Waals surface area contributed by atoms with Crippen LogP contribution in [-0.4, -0.2) is 146 Å². The topological polar surface area (TPSA) is 271 Å². The van der Waals surface area contributed by atoms with Crippen molar-refractivity contribution in [2.75, 3.05) is 19.7 Å². The summed E-state index contributed by atoms with van der Waals surface area (Å²) >= 11 is 0. The van der Waals surface area contributed by atoms with Gasteiger partial charge in [0.2, 0.25) is 6.10 Å². The molecule has 11 atom stereocenters. The van der Waals surface area contributed by atoms with Crippen molar-refractivity contribution in [3.63, 3.8) is 0 Å². The summed E-state index contributed by atoms with van der Waals surface area (Å²) < 4.78 is 36.4. The highest BCUT2D eigenvalue weighted by Gasteiger charge is 2.72. The molecule has 1 amide bonds. The Morgan fingerprint density at radius 3 is 2.01 bits per heavy atom. The molecule has 1 saturated heterocycles. The van der Waals surface area contributed by atoms with E-state index >= 15 is 9.59 Å². The molecule has 1 heterocycles. The number of carbonyl (C=O) groups excluding carboxylic acids is 6. The summed E-state index contributed by atoms with van der Waals surface area (Å²) in [4.78, 5) is 99.9. The number of hydrogen-bond acceptors (Lipinski definition) is 17. The Morgan fingerprint density at radius 2 is 1.49 bits per heavy atom. The molecule has 1 saturated carbocycles. The van der Waals surface area contributed by atoms with E-state index in [0.717, 1.165) is 6.92 Å². The van der Waals surface area contributed by atoms with Crippen molar-refractivity contribution in [3.8, 4) is 0 Å². The van der Waals surface area contributed by atoms with E-state index in [1.54, 1.807) is 74.2 Å². The van der Waals surface area contributed by atoms with Crippen LogP contribution in [-0.2, 0) is 52.4 Å². The lowest BCUT2D eigenvalue weighted by atomic mass is 9.51. The van der Waals surface area contributed by atoms with E-state index in [0.29, 0.717) is 25.9 Å². The molecule has 5 N–H and O–H groups in total. The van der Waals surface area contributed by atoms with Crippen molar-refractivity contribution in [3.05, 3.63) is 82.9 Å². The molecule has 19 heteroatoms. The Labute approximate surface area is 426 Å². The van der Waals surface area contributed by atoms with Crippen LogP contribution in [0.5, 0.6) is 0 Å². The van der Waals surface area contributed by atoms with Crippen LogP contribution in [0.3, 0.4) is 0 Å². The van der Waals surface area contributed by atoms with E-state index in [1.807, 2.05) is 13.8 Å². The minimum Gasteiger partial charge on any atom is -0.481 e. The number of aliphatic hydroxyl groups excluding tert-OH is 2. The molecular formula is C54H74N2O17. The van der Waals surface area contributed by atoms with Crippen molar-refractivity contribution in [2.24, 2.45) is 11.3 Å². The van der Waals surface area contributed by atoms with Gasteiger partial charge in [0.15, 0.2) is 11.4 Å². The van der Waals surface area contributed by atoms with Gasteiger partial charge >= 0.3 is 35.9 Å². The number of fused-ring (bicyclic) bond motifs is 3. The molecule has 2 aromatic carbocycles. The fourth-order valence-electron chi connectivity index (χ4n) is 10.7. The molecule has 0 aromatic heterocycles. The fraction of sp³-hybridized carbons (Fsp3) is 0.611. The molecule has 19 nitrogen and oxygen atoms in total. The normalized spacial score (nSPS) is 26.6. The second kappa shape index (κ2) is 24.1. The number of nitrogens with zero attached hydrogens (tertiary/aromatic N) is 1. The Bertz CT molecular complexity index is 2320. The summed E-state index contributed by atoms with van der Waals surface area (Å²) in [6.45, 7) is 15.7. The van der Waals surface area contributed by atoms with Crippen LogP contribution >= 0.6 is 0 Å². The second-order valence-electron chi connectivity index (χ2n) is 21.0. The predicted molar refractivity (Wildman–Crippen MR) is 262 cm³/mol. The summed E-state index contributed by atoms with van der Waals surface area (Å²) in [5.41, 5.74) is -6.76. The largest absolute Gasteiger partial charge is 0.481 e. The number of amides is 1. The summed E-state index contributed by atoms with van der Waals surface area (Å²) in [5.74, 6) is -7.49. The molecule has 3 aliphatic rings. The van der Waals surface area contributed by atoms with E-state index < -0.39 is 125 Å². The van der Waals surface area contributed by atoms with Gasteiger partial charge in [-0.3, -0.25) is 24.1 Å². The number of carbonyl (C=O) groups is 7. The van der Waals surface area contributed by atoms with Gasteiger partial charge in [-0.05, 0) is 123 Å². The lowest BCUT2D eigenvalue weighted by molar-refractivity contribution is -0.330. The number of hydrogen-bond donors (Lipinski definition) is 5. The second-order valence-corrected chi connectivity index (χ2v) is 21.0. The zero-order chi connectivity index (χ0) is 54.2. The Hall–Kier alpha value is -5.73. The Morgan fingerprint density at radius 1 is 0.890 bits per heavy atom. The third-order valence-corrected chi connectivity index (χ3v) is 13.9. The third kappa shape index (κ3) is 13.5. The number of esters is 4. The molecule has 1 unspecified atom stereocenters. The Balaban J connectivity index is 1.73. The van der Waals surface area contributed by atoms with Crippen LogP contribution in [0.15, 0.2) is 71.8 Å². The fourth-order valence-corrected chi connectivity index (χ4v) is 10.7. The molecular weight excluding hydrogens is 949 g/mol. The van der Waals surface area contributed by atoms with Crippen LogP contribution < -0.4 is 5.32 Å². The zero-order valence-electron chi connectivity index (χ0n) is 43.6. The zero-order valence-corrected chi connectivity index (χ0v) is 43.6. The van der Waals surface area contributed by atoms with Crippen LogP contribution in [0.4, 0.5) is 4.79 Å². The molecule has 0 spiro atoms. The standard InChI is InChI=1S/C54H74N2O17/c1-11-27-56(28-12-2)35(23-26-40(59)60)48(64)71-44(42(33-19-15-13-16-20-33)55-50(66)73-51(5,6)7)49(65)69-36-24-25-37(70-47(63)34-21-17-14-18-22-34)45-53(10,46(62)43(61)41(31(36)3)52(8,9)67)38(58)29-39-54(45,30-68-39)72-32(4)57/h13-22,35-39,42-45,58,61,67H,11-12,23-30H2,1-10H3,(H,55,66)(H,59,60)/t35?,36-,37+,38-,39+,42-,43+,44+,45-,53+,54-/m0/s1. The minimum atomic E-state index is -2.23. The van der Waals surface area contributed by atoms with Gasteiger partial charge < -0.3 is 54.2 Å². The average molecular weight is 1020 g/mol. The van der Waals surface area contributed by atoms with Crippen molar-refractivity contribution in [1.82, 2.24) is 10.2 Å². The highest BCUT2D eigenvalue weighted by molar-refractivity contribution is 5.93. The van der Waals surface area contributed by atoms with Gasteiger partial charge in [0.25, 0.3) is 0 Å². The molecule has 2 aromatic rings. The molecule has 5 rings (SSSR count). The lowest BCUT2D eigenvalue weighted by Gasteiger charge is -2.63. The van der Waals surface area contributed by atoms with E-state index in [1.165, 1.54) is 39.8 Å². The number of benzene rings is 2. The quantitative estimate of drug-likeness (QED) is 0.0655. The summed E-state index contributed by atoms with van der Waals surface area (Å²) in [6.07, 6.45) is -11.1. The predicted octanol–water partition coefficient (Wildman–Crippen LogP) is 5.56. The van der Waals surface area contributed by atoms with E-state index in [2.05, 4.69) is 5.32 Å². The number of ketones is 1. The average Bonchev–Trinajstić information content (AvgIpc) is 3.30. The molecule has 2 aliphatic carbocycles. The number of Topliss-reactive ketones (excluding diaryl/α,β-unsaturated/α-hetero) is 1. The van der Waals surface area contributed by atoms with Gasteiger partial charge in [-0.25, -0.2) is 14.4 Å². The van der Waals surface area contributed by atoms with Crippen LogP contribution in [0.2, 0.25) is 0 Å². The number of ether oxygens (including phenoxy) is 6. The first kappa shape index (κ1) is 58.2. The molecule has 0 radical (unpaired) electrons. The first-order valence-electron chi connectivity index (χ1n) is 25.0. The van der Waals surface area contributed by atoms with Crippen molar-refractivity contribution in [2.45, 2.75) is 180 Å². The molecule has 2 fully saturated rings. The van der Waals surface area contributed by atoms with Gasteiger partial charge in [0, 0.05) is 19.8 Å². The van der Waals surface area contributed by atoms with Gasteiger partial charge in [0.05, 0.1) is 35.2 Å². The number of rotatable bonds is 19. The van der Waals surface area contributed by atoms with Gasteiger partial charge in [-0.15, -0.1) is 0 Å². The van der Waals surface area contributed by atoms with E-state index in [9.17, 15) is 44.4 Å². The van der Waals surface area contributed by atoms with Gasteiger partial charge in [-0.1, -0.05) is 62.4 Å².